The predicted molar refractivity (Wildman–Crippen MR) is 80.1 cm³/mol. The molecule has 0 saturated carbocycles. The second-order valence-electron chi connectivity index (χ2n) is 5.54. The Morgan fingerprint density at radius 3 is 2.60 bits per heavy atom. The summed E-state index contributed by atoms with van der Waals surface area (Å²) < 4.78 is 12.2. The van der Waals surface area contributed by atoms with Gasteiger partial charge >= 0.3 is 6.09 Å². The molecule has 2 rings (SSSR count). The van der Waals surface area contributed by atoms with Crippen LogP contribution in [-0.4, -0.2) is 30.7 Å². The lowest BCUT2D eigenvalue weighted by Gasteiger charge is -2.20. The summed E-state index contributed by atoms with van der Waals surface area (Å²) in [5, 5.41) is 0.847. The van der Waals surface area contributed by atoms with Gasteiger partial charge in [-0.1, -0.05) is 0 Å². The van der Waals surface area contributed by atoms with Gasteiger partial charge in [0, 0.05) is 5.39 Å². The van der Waals surface area contributed by atoms with Gasteiger partial charge in [0.2, 0.25) is 0 Å². The van der Waals surface area contributed by atoms with Crippen molar-refractivity contribution >= 4 is 30.4 Å². The van der Waals surface area contributed by atoms with Crippen molar-refractivity contribution < 1.29 is 14.3 Å². The molecular formula is C15H18BNO3. The van der Waals surface area contributed by atoms with Gasteiger partial charge in [0.05, 0.1) is 12.1 Å². The highest BCUT2D eigenvalue weighted by Crippen LogP contribution is 2.22. The number of rotatable bonds is 2. The van der Waals surface area contributed by atoms with E-state index in [9.17, 15) is 4.79 Å². The molecule has 0 fully saturated rings. The molecule has 0 unspecified atom stereocenters. The van der Waals surface area contributed by atoms with Gasteiger partial charge in [-0.25, -0.2) is 4.79 Å². The molecule has 5 heteroatoms. The number of aromatic nitrogens is 1. The van der Waals surface area contributed by atoms with Crippen LogP contribution in [-0.2, 0) is 4.74 Å². The van der Waals surface area contributed by atoms with Gasteiger partial charge in [0.1, 0.15) is 19.2 Å². The Bertz CT molecular complexity index is 640. The van der Waals surface area contributed by atoms with Crippen molar-refractivity contribution in [3.63, 3.8) is 0 Å². The van der Waals surface area contributed by atoms with Gasteiger partial charge in [-0.15, -0.1) is 0 Å². The minimum Gasteiger partial charge on any atom is -0.494 e. The molecule has 0 amide bonds. The molecule has 20 heavy (non-hydrogen) atoms. The topological polar surface area (TPSA) is 40.5 Å². The Balaban J connectivity index is 2.44. The maximum atomic E-state index is 12.2. The average Bonchev–Trinajstić information content (AvgIpc) is 2.62. The van der Waals surface area contributed by atoms with Crippen molar-refractivity contribution in [2.45, 2.75) is 33.3 Å². The molecule has 0 spiro atoms. The zero-order chi connectivity index (χ0) is 14.9. The molecule has 1 aromatic carbocycles. The second-order valence-corrected chi connectivity index (χ2v) is 5.54. The summed E-state index contributed by atoms with van der Waals surface area (Å²) in [6, 6.07) is 7.21. The number of carbonyl (C=O) groups excluding carboxylic acids is 1. The Labute approximate surface area is 120 Å². The zero-order valence-electron chi connectivity index (χ0n) is 12.3. The van der Waals surface area contributed by atoms with Crippen LogP contribution in [0.25, 0.3) is 10.9 Å². The summed E-state index contributed by atoms with van der Waals surface area (Å²) in [5.41, 5.74) is 0.494. The third-order valence-electron chi connectivity index (χ3n) is 2.69. The average molecular weight is 271 g/mol. The Hall–Kier alpha value is -1.91. The first-order valence-electron chi connectivity index (χ1n) is 6.59. The molecule has 2 aromatic rings. The van der Waals surface area contributed by atoms with E-state index in [-0.39, 0.29) is 0 Å². The van der Waals surface area contributed by atoms with Crippen LogP contribution < -0.4 is 10.3 Å². The summed E-state index contributed by atoms with van der Waals surface area (Å²) >= 11 is 0. The van der Waals surface area contributed by atoms with E-state index >= 15 is 0 Å². The van der Waals surface area contributed by atoms with Crippen molar-refractivity contribution in [2.75, 3.05) is 6.61 Å². The van der Waals surface area contributed by atoms with Crippen molar-refractivity contribution in [2.24, 2.45) is 0 Å². The normalized spacial score (nSPS) is 11.6. The summed E-state index contributed by atoms with van der Waals surface area (Å²) in [4.78, 5) is 12.2. The van der Waals surface area contributed by atoms with Gasteiger partial charge in [-0.3, -0.25) is 4.57 Å². The van der Waals surface area contributed by atoms with Gasteiger partial charge in [-0.2, -0.15) is 0 Å². The second kappa shape index (κ2) is 5.23. The van der Waals surface area contributed by atoms with E-state index in [4.69, 9.17) is 17.3 Å². The number of fused-ring (bicyclic) bond motifs is 1. The van der Waals surface area contributed by atoms with E-state index in [2.05, 4.69) is 0 Å². The highest BCUT2D eigenvalue weighted by Gasteiger charge is 2.20. The standard InChI is InChI=1S/C15H18BNO3/c1-5-19-11-6-7-12-10(8-11)9-13(16)17(12)14(18)20-15(2,3)4/h6-9H,5H2,1-4H3. The first-order valence-corrected chi connectivity index (χ1v) is 6.59. The number of ether oxygens (including phenoxy) is 2. The third-order valence-corrected chi connectivity index (χ3v) is 2.69. The van der Waals surface area contributed by atoms with Gasteiger partial charge in [0.15, 0.2) is 0 Å². The Morgan fingerprint density at radius 1 is 1.30 bits per heavy atom. The van der Waals surface area contributed by atoms with Crippen LogP contribution in [0, 0.1) is 0 Å². The maximum absolute atomic E-state index is 12.2. The van der Waals surface area contributed by atoms with E-state index in [0.29, 0.717) is 17.7 Å². The van der Waals surface area contributed by atoms with Crippen molar-refractivity contribution in [3.8, 4) is 5.75 Å². The lowest BCUT2D eigenvalue weighted by Crippen LogP contribution is -2.32. The predicted octanol–water partition coefficient (Wildman–Crippen LogP) is 2.62. The van der Waals surface area contributed by atoms with Crippen LogP contribution in [0.5, 0.6) is 5.75 Å². The first-order chi connectivity index (χ1) is 9.31. The molecule has 2 radical (unpaired) electrons. The maximum Gasteiger partial charge on any atom is 0.418 e. The van der Waals surface area contributed by atoms with Crippen molar-refractivity contribution in [1.29, 1.82) is 0 Å². The molecule has 104 valence electrons. The summed E-state index contributed by atoms with van der Waals surface area (Å²) in [5.74, 6) is 0.751. The fourth-order valence-electron chi connectivity index (χ4n) is 1.98. The smallest absolute Gasteiger partial charge is 0.418 e. The SMILES string of the molecule is [B]c1cc2cc(OCC)ccc2n1C(=O)OC(C)(C)C. The largest absolute Gasteiger partial charge is 0.494 e. The summed E-state index contributed by atoms with van der Waals surface area (Å²) in [6.07, 6.45) is -0.478. The van der Waals surface area contributed by atoms with E-state index in [1.165, 1.54) is 4.57 Å². The minimum atomic E-state index is -0.564. The molecule has 0 aliphatic heterocycles. The molecule has 0 bridgehead atoms. The first kappa shape index (κ1) is 14.5. The van der Waals surface area contributed by atoms with E-state index in [0.717, 1.165) is 11.1 Å². The summed E-state index contributed by atoms with van der Waals surface area (Å²) in [7, 11) is 5.92. The Morgan fingerprint density at radius 2 is 2.00 bits per heavy atom. The highest BCUT2D eigenvalue weighted by atomic mass is 16.6. The quantitative estimate of drug-likeness (QED) is 0.788. The highest BCUT2D eigenvalue weighted by molar-refractivity contribution is 6.34. The van der Waals surface area contributed by atoms with Crippen LogP contribution in [0.4, 0.5) is 4.79 Å². The lowest BCUT2D eigenvalue weighted by molar-refractivity contribution is 0.0549. The number of hydrogen-bond acceptors (Lipinski definition) is 3. The molecular weight excluding hydrogens is 253 g/mol. The fourth-order valence-corrected chi connectivity index (χ4v) is 1.98. The molecule has 0 saturated heterocycles. The van der Waals surface area contributed by atoms with Crippen LogP contribution in [0.15, 0.2) is 24.3 Å². The lowest BCUT2D eigenvalue weighted by atomic mass is 10.1. The van der Waals surface area contributed by atoms with Gasteiger partial charge in [-0.05, 0) is 57.6 Å². The minimum absolute atomic E-state index is 0.350. The molecule has 0 N–H and O–H groups in total. The molecule has 1 aromatic heterocycles. The van der Waals surface area contributed by atoms with Crippen LogP contribution in [0.1, 0.15) is 27.7 Å². The van der Waals surface area contributed by atoms with Crippen LogP contribution >= 0.6 is 0 Å². The van der Waals surface area contributed by atoms with Crippen molar-refractivity contribution in [1.82, 2.24) is 4.57 Å². The van der Waals surface area contributed by atoms with Crippen LogP contribution in [0.3, 0.4) is 0 Å². The Kier molecular flexibility index (Phi) is 3.79. The molecule has 4 nitrogen and oxygen atoms in total. The van der Waals surface area contributed by atoms with Gasteiger partial charge in [0.25, 0.3) is 0 Å². The zero-order valence-corrected chi connectivity index (χ0v) is 12.3. The van der Waals surface area contributed by atoms with Gasteiger partial charge < -0.3 is 9.47 Å². The number of nitrogens with zero attached hydrogens (tertiary/aromatic N) is 1. The number of benzene rings is 1. The molecule has 0 aliphatic rings. The van der Waals surface area contributed by atoms with Crippen LogP contribution in [0.2, 0.25) is 0 Å². The molecule has 1 heterocycles. The monoisotopic (exact) mass is 271 g/mol. The molecule has 0 aliphatic carbocycles. The van der Waals surface area contributed by atoms with E-state index in [1.54, 1.807) is 12.1 Å². The molecule has 0 atom stereocenters. The number of hydrogen-bond donors (Lipinski definition) is 0. The fraction of sp³-hybridized carbons (Fsp3) is 0.400. The van der Waals surface area contributed by atoms with Crippen molar-refractivity contribution in [3.05, 3.63) is 24.3 Å². The van der Waals surface area contributed by atoms with E-state index in [1.807, 2.05) is 39.8 Å². The third kappa shape index (κ3) is 2.98. The van der Waals surface area contributed by atoms with E-state index < -0.39 is 11.7 Å². The summed E-state index contributed by atoms with van der Waals surface area (Å²) in [6.45, 7) is 7.97. The number of carbonyl (C=O) groups is 1.